The van der Waals surface area contributed by atoms with Gasteiger partial charge in [-0.2, -0.15) is 0 Å². The van der Waals surface area contributed by atoms with Gasteiger partial charge < -0.3 is 14.8 Å². The first kappa shape index (κ1) is 13.9. The lowest BCUT2D eigenvalue weighted by molar-refractivity contribution is 0.0606. The van der Waals surface area contributed by atoms with Crippen LogP contribution in [0.1, 0.15) is 28.9 Å². The van der Waals surface area contributed by atoms with Crippen molar-refractivity contribution in [1.29, 1.82) is 0 Å². The lowest BCUT2D eigenvalue weighted by atomic mass is 10.2. The number of esters is 1. The van der Waals surface area contributed by atoms with Crippen molar-refractivity contribution in [3.8, 4) is 0 Å². The molecule has 0 saturated heterocycles. The van der Waals surface area contributed by atoms with Crippen molar-refractivity contribution in [1.82, 2.24) is 4.98 Å². The molecule has 0 aliphatic carbocycles. The fourth-order valence-corrected chi connectivity index (χ4v) is 2.05. The number of hydrogen-bond donors (Lipinski definition) is 1. The average Bonchev–Trinajstić information content (AvgIpc) is 2.81. The molecule has 96 valence electrons. The maximum Gasteiger partial charge on any atom is 0.349 e. The topological polar surface area (TPSA) is 60.5 Å². The predicted octanol–water partition coefficient (Wildman–Crippen LogP) is 2.16. The molecule has 17 heavy (non-hydrogen) atoms. The first-order chi connectivity index (χ1) is 8.27. The van der Waals surface area contributed by atoms with Crippen LogP contribution in [0.3, 0.4) is 0 Å². The molecule has 6 heteroatoms. The molecule has 0 aliphatic heterocycles. The number of methoxy groups -OCH3 is 2. The summed E-state index contributed by atoms with van der Waals surface area (Å²) < 4.78 is 9.58. The van der Waals surface area contributed by atoms with E-state index in [1.807, 2.05) is 0 Å². The Bertz CT molecular complexity index is 341. The van der Waals surface area contributed by atoms with Crippen LogP contribution >= 0.6 is 11.3 Å². The standard InChI is InChI=1S/C11H18N2O3S/c1-15-7-5-3-4-6-12-11-13-8-9(17-11)10(14)16-2/h8H,3-7H2,1-2H3,(H,12,13). The number of aromatic nitrogens is 1. The van der Waals surface area contributed by atoms with Crippen molar-refractivity contribution in [2.24, 2.45) is 0 Å². The van der Waals surface area contributed by atoms with Gasteiger partial charge in [0, 0.05) is 20.3 Å². The van der Waals surface area contributed by atoms with Crippen LogP contribution in [0.2, 0.25) is 0 Å². The minimum Gasteiger partial charge on any atom is -0.465 e. The number of nitrogens with zero attached hydrogens (tertiary/aromatic N) is 1. The number of hydrogen-bond acceptors (Lipinski definition) is 6. The van der Waals surface area contributed by atoms with Crippen molar-refractivity contribution in [2.75, 3.05) is 32.7 Å². The predicted molar refractivity (Wildman–Crippen MR) is 67.7 cm³/mol. The van der Waals surface area contributed by atoms with Gasteiger partial charge in [-0.3, -0.25) is 0 Å². The van der Waals surface area contributed by atoms with Crippen molar-refractivity contribution in [3.63, 3.8) is 0 Å². The number of anilines is 1. The van der Waals surface area contributed by atoms with E-state index >= 15 is 0 Å². The Labute approximate surface area is 105 Å². The van der Waals surface area contributed by atoms with Gasteiger partial charge in [0.25, 0.3) is 0 Å². The lowest BCUT2D eigenvalue weighted by Gasteiger charge is -2.02. The van der Waals surface area contributed by atoms with E-state index in [1.165, 1.54) is 24.6 Å². The minimum atomic E-state index is -0.337. The first-order valence-corrected chi connectivity index (χ1v) is 6.36. The van der Waals surface area contributed by atoms with Crippen LogP contribution in [-0.2, 0) is 9.47 Å². The number of nitrogens with one attached hydrogen (secondary N) is 1. The molecule has 1 rings (SSSR count). The maximum absolute atomic E-state index is 11.2. The fourth-order valence-electron chi connectivity index (χ4n) is 1.29. The third kappa shape index (κ3) is 5.14. The summed E-state index contributed by atoms with van der Waals surface area (Å²) in [6.07, 6.45) is 4.79. The molecule has 0 amide bonds. The second kappa shape index (κ2) is 8.03. The molecular formula is C11H18N2O3S. The highest BCUT2D eigenvalue weighted by Gasteiger charge is 2.09. The zero-order valence-corrected chi connectivity index (χ0v) is 11.0. The number of thiazole rings is 1. The van der Waals surface area contributed by atoms with Gasteiger partial charge in [0.05, 0.1) is 13.3 Å². The molecule has 0 radical (unpaired) electrons. The Hall–Kier alpha value is -1.14. The molecular weight excluding hydrogens is 240 g/mol. The lowest BCUT2D eigenvalue weighted by Crippen LogP contribution is -2.01. The second-order valence-electron chi connectivity index (χ2n) is 3.50. The molecule has 0 aromatic carbocycles. The van der Waals surface area contributed by atoms with Crippen LogP contribution in [0.5, 0.6) is 0 Å². The molecule has 0 saturated carbocycles. The van der Waals surface area contributed by atoms with E-state index in [9.17, 15) is 4.79 Å². The van der Waals surface area contributed by atoms with Gasteiger partial charge in [-0.1, -0.05) is 11.3 Å². The van der Waals surface area contributed by atoms with Crippen LogP contribution < -0.4 is 5.32 Å². The smallest absolute Gasteiger partial charge is 0.349 e. The zero-order chi connectivity index (χ0) is 12.5. The third-order valence-electron chi connectivity index (χ3n) is 2.19. The minimum absolute atomic E-state index is 0.337. The average molecular weight is 258 g/mol. The van der Waals surface area contributed by atoms with E-state index in [0.717, 1.165) is 37.5 Å². The quantitative estimate of drug-likeness (QED) is 0.572. The van der Waals surface area contributed by atoms with Crippen molar-refractivity contribution < 1.29 is 14.3 Å². The number of ether oxygens (including phenoxy) is 2. The SMILES string of the molecule is COCCCCCNc1ncc(C(=O)OC)s1. The van der Waals surface area contributed by atoms with Crippen LogP contribution in [-0.4, -0.2) is 38.3 Å². The molecule has 0 atom stereocenters. The molecule has 1 heterocycles. The van der Waals surface area contributed by atoms with E-state index < -0.39 is 0 Å². The van der Waals surface area contributed by atoms with Crippen molar-refractivity contribution in [2.45, 2.75) is 19.3 Å². The Morgan fingerprint density at radius 1 is 1.41 bits per heavy atom. The molecule has 0 spiro atoms. The molecule has 0 fully saturated rings. The van der Waals surface area contributed by atoms with Gasteiger partial charge in [-0.15, -0.1) is 0 Å². The molecule has 0 bridgehead atoms. The number of unbranched alkanes of at least 4 members (excludes halogenated alkanes) is 2. The molecule has 0 aliphatic rings. The Morgan fingerprint density at radius 2 is 2.24 bits per heavy atom. The van der Waals surface area contributed by atoms with Crippen molar-refractivity contribution >= 4 is 22.4 Å². The highest BCUT2D eigenvalue weighted by Crippen LogP contribution is 2.18. The molecule has 5 nitrogen and oxygen atoms in total. The third-order valence-corrected chi connectivity index (χ3v) is 3.13. The van der Waals surface area contributed by atoms with Crippen LogP contribution in [0, 0.1) is 0 Å². The van der Waals surface area contributed by atoms with Gasteiger partial charge in [0.15, 0.2) is 5.13 Å². The zero-order valence-electron chi connectivity index (χ0n) is 10.2. The first-order valence-electron chi connectivity index (χ1n) is 5.55. The number of carbonyl (C=O) groups excluding carboxylic acids is 1. The number of rotatable bonds is 8. The van der Waals surface area contributed by atoms with Crippen LogP contribution in [0.4, 0.5) is 5.13 Å². The largest absolute Gasteiger partial charge is 0.465 e. The summed E-state index contributed by atoms with van der Waals surface area (Å²) in [5, 5.41) is 3.94. The van der Waals surface area contributed by atoms with Gasteiger partial charge in [0.2, 0.25) is 0 Å². The molecule has 1 N–H and O–H groups in total. The summed E-state index contributed by atoms with van der Waals surface area (Å²) >= 11 is 1.31. The van der Waals surface area contributed by atoms with E-state index in [0.29, 0.717) is 4.88 Å². The summed E-state index contributed by atoms with van der Waals surface area (Å²) in [6.45, 7) is 1.67. The van der Waals surface area contributed by atoms with E-state index in [2.05, 4.69) is 15.0 Å². The summed E-state index contributed by atoms with van der Waals surface area (Å²) in [5.41, 5.74) is 0. The number of carbonyl (C=O) groups is 1. The Balaban J connectivity index is 2.19. The molecule has 1 aromatic rings. The summed E-state index contributed by atoms with van der Waals surface area (Å²) in [5.74, 6) is -0.337. The summed E-state index contributed by atoms with van der Waals surface area (Å²) in [4.78, 5) is 15.8. The van der Waals surface area contributed by atoms with Gasteiger partial charge in [-0.05, 0) is 19.3 Å². The Morgan fingerprint density at radius 3 is 2.94 bits per heavy atom. The summed E-state index contributed by atoms with van der Waals surface area (Å²) in [6, 6.07) is 0. The van der Waals surface area contributed by atoms with Crippen molar-refractivity contribution in [3.05, 3.63) is 11.1 Å². The molecule has 1 aromatic heterocycles. The van der Waals surface area contributed by atoms with E-state index in [4.69, 9.17) is 4.74 Å². The van der Waals surface area contributed by atoms with E-state index in [-0.39, 0.29) is 5.97 Å². The van der Waals surface area contributed by atoms with Crippen LogP contribution in [0.25, 0.3) is 0 Å². The van der Waals surface area contributed by atoms with Gasteiger partial charge in [-0.25, -0.2) is 9.78 Å². The van der Waals surface area contributed by atoms with E-state index in [1.54, 1.807) is 7.11 Å². The molecule has 0 unspecified atom stereocenters. The normalized spacial score (nSPS) is 10.2. The van der Waals surface area contributed by atoms with Gasteiger partial charge >= 0.3 is 5.97 Å². The fraction of sp³-hybridized carbons (Fsp3) is 0.636. The monoisotopic (exact) mass is 258 g/mol. The Kier molecular flexibility index (Phi) is 6.57. The maximum atomic E-state index is 11.2. The highest BCUT2D eigenvalue weighted by atomic mass is 32.1. The summed E-state index contributed by atoms with van der Waals surface area (Å²) in [7, 11) is 3.08. The van der Waals surface area contributed by atoms with Gasteiger partial charge in [0.1, 0.15) is 4.88 Å². The second-order valence-corrected chi connectivity index (χ2v) is 4.53. The highest BCUT2D eigenvalue weighted by molar-refractivity contribution is 7.17. The van der Waals surface area contributed by atoms with Crippen LogP contribution in [0.15, 0.2) is 6.20 Å².